The van der Waals surface area contributed by atoms with Crippen LogP contribution in [0.3, 0.4) is 0 Å². The highest BCUT2D eigenvalue weighted by atomic mass is 35.5. The third-order valence-electron chi connectivity index (χ3n) is 4.53. The first-order valence-corrected chi connectivity index (χ1v) is 11.0. The highest BCUT2D eigenvalue weighted by Crippen LogP contribution is 2.31. The molecule has 0 aliphatic heterocycles. The summed E-state index contributed by atoms with van der Waals surface area (Å²) in [5.74, 6) is -0.333. The molecule has 29 heavy (non-hydrogen) atoms. The number of hydrogen-bond acceptors (Lipinski definition) is 3. The molecule has 5 nitrogen and oxygen atoms in total. The average molecular weight is 425 g/mol. The fourth-order valence-corrected chi connectivity index (χ4v) is 4.54. The smallest absolute Gasteiger partial charge is 0.257 e. The Morgan fingerprint density at radius 3 is 2.31 bits per heavy atom. The van der Waals surface area contributed by atoms with Gasteiger partial charge < -0.3 is 5.32 Å². The van der Waals surface area contributed by atoms with Crippen LogP contribution in [0.15, 0.2) is 78.9 Å². The SMILES string of the molecule is CS(=O)(=O)n1c(-c2ccccc2)cc2cc(NC(=O)c3ccccc3Cl)ccc21. The van der Waals surface area contributed by atoms with Gasteiger partial charge >= 0.3 is 0 Å². The molecule has 0 aliphatic carbocycles. The number of carbonyl (C=O) groups is 1. The molecule has 7 heteroatoms. The maximum Gasteiger partial charge on any atom is 0.257 e. The van der Waals surface area contributed by atoms with Crippen molar-refractivity contribution in [1.82, 2.24) is 3.97 Å². The number of rotatable bonds is 4. The van der Waals surface area contributed by atoms with Gasteiger partial charge in [-0.1, -0.05) is 54.1 Å². The van der Waals surface area contributed by atoms with Crippen molar-refractivity contribution < 1.29 is 13.2 Å². The van der Waals surface area contributed by atoms with Crippen molar-refractivity contribution in [3.8, 4) is 11.3 Å². The zero-order valence-corrected chi connectivity index (χ0v) is 17.0. The largest absolute Gasteiger partial charge is 0.322 e. The van der Waals surface area contributed by atoms with E-state index in [4.69, 9.17) is 11.6 Å². The van der Waals surface area contributed by atoms with Gasteiger partial charge in [0, 0.05) is 11.1 Å². The van der Waals surface area contributed by atoms with Crippen LogP contribution in [0.5, 0.6) is 0 Å². The van der Waals surface area contributed by atoms with Crippen molar-refractivity contribution in [2.45, 2.75) is 0 Å². The molecular weight excluding hydrogens is 408 g/mol. The Kier molecular flexibility index (Phi) is 4.90. The number of aromatic nitrogens is 1. The molecule has 0 saturated carbocycles. The van der Waals surface area contributed by atoms with E-state index in [0.29, 0.717) is 32.9 Å². The van der Waals surface area contributed by atoms with E-state index >= 15 is 0 Å². The van der Waals surface area contributed by atoms with Gasteiger partial charge in [-0.25, -0.2) is 12.4 Å². The molecule has 146 valence electrons. The standard InChI is InChI=1S/C22H17ClN2O3S/c1-29(27,28)25-20-12-11-17(24-22(26)18-9-5-6-10-19(18)23)13-16(20)14-21(25)15-7-3-2-4-8-15/h2-14H,1H3,(H,24,26). The fraction of sp³-hybridized carbons (Fsp3) is 0.0455. The summed E-state index contributed by atoms with van der Waals surface area (Å²) in [6.45, 7) is 0. The van der Waals surface area contributed by atoms with Crippen LogP contribution in [0.1, 0.15) is 10.4 Å². The number of fused-ring (bicyclic) bond motifs is 1. The molecule has 0 radical (unpaired) electrons. The first-order chi connectivity index (χ1) is 13.8. The van der Waals surface area contributed by atoms with Gasteiger partial charge in [0.05, 0.1) is 28.1 Å². The number of halogens is 1. The zero-order valence-electron chi connectivity index (χ0n) is 15.5. The lowest BCUT2D eigenvalue weighted by atomic mass is 10.1. The third-order valence-corrected chi connectivity index (χ3v) is 5.92. The van der Waals surface area contributed by atoms with Gasteiger partial charge in [0.2, 0.25) is 10.0 Å². The second kappa shape index (κ2) is 7.39. The minimum atomic E-state index is -3.54. The van der Waals surface area contributed by atoms with E-state index in [-0.39, 0.29) is 5.91 Å². The van der Waals surface area contributed by atoms with Crippen LogP contribution in [-0.4, -0.2) is 24.6 Å². The molecule has 0 unspecified atom stereocenters. The van der Waals surface area contributed by atoms with Gasteiger partial charge in [-0.3, -0.25) is 4.79 Å². The summed E-state index contributed by atoms with van der Waals surface area (Å²) < 4.78 is 26.2. The van der Waals surface area contributed by atoms with E-state index in [1.165, 1.54) is 10.2 Å². The molecule has 0 spiro atoms. The number of anilines is 1. The lowest BCUT2D eigenvalue weighted by molar-refractivity contribution is 0.102. The van der Waals surface area contributed by atoms with E-state index in [1.54, 1.807) is 48.5 Å². The molecule has 3 aromatic carbocycles. The van der Waals surface area contributed by atoms with E-state index < -0.39 is 10.0 Å². The predicted molar refractivity (Wildman–Crippen MR) is 117 cm³/mol. The lowest BCUT2D eigenvalue weighted by Gasteiger charge is -2.09. The number of benzene rings is 3. The molecule has 0 fully saturated rings. The van der Waals surface area contributed by atoms with E-state index in [0.717, 1.165) is 5.56 Å². The predicted octanol–water partition coefficient (Wildman–Crippen LogP) is 5.02. The van der Waals surface area contributed by atoms with Gasteiger partial charge in [-0.15, -0.1) is 0 Å². The van der Waals surface area contributed by atoms with Crippen molar-refractivity contribution >= 4 is 44.1 Å². The normalized spacial score (nSPS) is 11.5. The van der Waals surface area contributed by atoms with E-state index in [2.05, 4.69) is 5.32 Å². The molecule has 0 aliphatic rings. The summed E-state index contributed by atoms with van der Waals surface area (Å²) in [6.07, 6.45) is 1.17. The van der Waals surface area contributed by atoms with Crippen LogP contribution in [0.4, 0.5) is 5.69 Å². The van der Waals surface area contributed by atoms with Gasteiger partial charge in [0.1, 0.15) is 0 Å². The fourth-order valence-electron chi connectivity index (χ4n) is 3.28. The molecule has 0 bridgehead atoms. The van der Waals surface area contributed by atoms with Crippen LogP contribution in [0, 0.1) is 0 Å². The first kappa shape index (κ1) is 19.2. The van der Waals surface area contributed by atoms with Crippen molar-refractivity contribution in [3.05, 3.63) is 89.4 Å². The maximum atomic E-state index is 12.5. The van der Waals surface area contributed by atoms with E-state index in [9.17, 15) is 13.2 Å². The Morgan fingerprint density at radius 1 is 0.931 bits per heavy atom. The van der Waals surface area contributed by atoms with Crippen molar-refractivity contribution in [3.63, 3.8) is 0 Å². The lowest BCUT2D eigenvalue weighted by Crippen LogP contribution is -2.13. The molecule has 1 N–H and O–H groups in total. The average Bonchev–Trinajstić information content (AvgIpc) is 3.08. The topological polar surface area (TPSA) is 68.2 Å². The highest BCUT2D eigenvalue weighted by Gasteiger charge is 2.18. The summed E-state index contributed by atoms with van der Waals surface area (Å²) in [5.41, 5.74) is 2.82. The Balaban J connectivity index is 1.79. The van der Waals surface area contributed by atoms with Crippen molar-refractivity contribution in [2.75, 3.05) is 11.6 Å². The molecule has 4 rings (SSSR count). The molecule has 0 atom stereocenters. The molecule has 1 amide bonds. The van der Waals surface area contributed by atoms with Crippen LogP contribution < -0.4 is 5.32 Å². The quantitative estimate of drug-likeness (QED) is 0.500. The van der Waals surface area contributed by atoms with Gasteiger partial charge in [0.15, 0.2) is 0 Å². The molecule has 0 saturated heterocycles. The summed E-state index contributed by atoms with van der Waals surface area (Å²) in [4.78, 5) is 12.5. The number of amides is 1. The summed E-state index contributed by atoms with van der Waals surface area (Å²) >= 11 is 6.09. The zero-order chi connectivity index (χ0) is 20.6. The molecule has 1 heterocycles. The minimum Gasteiger partial charge on any atom is -0.322 e. The Morgan fingerprint density at radius 2 is 1.62 bits per heavy atom. The van der Waals surface area contributed by atoms with Gasteiger partial charge in [-0.05, 0) is 42.0 Å². The number of carbonyl (C=O) groups excluding carboxylic acids is 1. The van der Waals surface area contributed by atoms with Crippen LogP contribution in [0.2, 0.25) is 5.02 Å². The summed E-state index contributed by atoms with van der Waals surface area (Å²) in [6, 6.07) is 23.0. The second-order valence-electron chi connectivity index (χ2n) is 6.63. The maximum absolute atomic E-state index is 12.5. The van der Waals surface area contributed by atoms with Crippen LogP contribution in [0.25, 0.3) is 22.2 Å². The van der Waals surface area contributed by atoms with Crippen LogP contribution >= 0.6 is 11.6 Å². The van der Waals surface area contributed by atoms with Crippen molar-refractivity contribution in [2.24, 2.45) is 0 Å². The van der Waals surface area contributed by atoms with E-state index in [1.807, 2.05) is 30.3 Å². The first-order valence-electron chi connectivity index (χ1n) is 8.82. The minimum absolute atomic E-state index is 0.333. The van der Waals surface area contributed by atoms with Gasteiger partial charge in [0.25, 0.3) is 5.91 Å². The Bertz CT molecular complexity index is 1330. The molecule has 4 aromatic rings. The summed E-state index contributed by atoms with van der Waals surface area (Å²) in [5, 5.41) is 3.88. The molecule has 1 aromatic heterocycles. The van der Waals surface area contributed by atoms with Crippen LogP contribution in [-0.2, 0) is 10.0 Å². The second-order valence-corrected chi connectivity index (χ2v) is 8.87. The summed E-state index contributed by atoms with van der Waals surface area (Å²) in [7, 11) is -3.54. The third kappa shape index (κ3) is 3.77. The monoisotopic (exact) mass is 424 g/mol. The Hall–Kier alpha value is -3.09. The Labute approximate surface area is 173 Å². The number of nitrogens with one attached hydrogen (secondary N) is 1. The number of hydrogen-bond donors (Lipinski definition) is 1. The van der Waals surface area contributed by atoms with Crippen molar-refractivity contribution in [1.29, 1.82) is 0 Å². The molecular formula is C22H17ClN2O3S. The highest BCUT2D eigenvalue weighted by molar-refractivity contribution is 7.89. The number of nitrogens with zero attached hydrogens (tertiary/aromatic N) is 1. The van der Waals surface area contributed by atoms with Gasteiger partial charge in [-0.2, -0.15) is 0 Å².